The van der Waals surface area contributed by atoms with Gasteiger partial charge in [0.1, 0.15) is 17.2 Å². The van der Waals surface area contributed by atoms with Crippen LogP contribution >= 0.6 is 0 Å². The number of nitrogens with two attached hydrogens (primary N) is 1. The number of rotatable bonds is 5. The Morgan fingerprint density at radius 2 is 2.20 bits per heavy atom. The Balaban J connectivity index is 1.64. The molecule has 10 nitrogen and oxygen atoms in total. The van der Waals surface area contributed by atoms with Crippen LogP contribution < -0.4 is 15.8 Å². The van der Waals surface area contributed by atoms with E-state index in [9.17, 15) is 14.0 Å². The minimum absolute atomic E-state index is 0.0456. The van der Waals surface area contributed by atoms with Gasteiger partial charge in [0, 0.05) is 25.2 Å². The Kier molecular flexibility index (Phi) is 4.78. The van der Waals surface area contributed by atoms with Crippen LogP contribution in [0.3, 0.4) is 0 Å². The van der Waals surface area contributed by atoms with Crippen molar-refractivity contribution in [3.63, 3.8) is 0 Å². The first kappa shape index (κ1) is 19.3. The van der Waals surface area contributed by atoms with Crippen LogP contribution in [-0.2, 0) is 11.8 Å². The minimum Gasteiger partial charge on any atom is -0.406 e. The topological polar surface area (TPSA) is 141 Å². The van der Waals surface area contributed by atoms with E-state index in [1.165, 1.54) is 24.5 Å². The van der Waals surface area contributed by atoms with E-state index >= 15 is 0 Å². The van der Waals surface area contributed by atoms with Crippen LogP contribution in [0, 0.1) is 11.7 Å². The summed E-state index contributed by atoms with van der Waals surface area (Å²) < 4.78 is 20.4. The third kappa shape index (κ3) is 3.52. The molecule has 0 fully saturated rings. The molecule has 4 aromatic rings. The Labute approximate surface area is 169 Å². The van der Waals surface area contributed by atoms with Crippen molar-refractivity contribution in [2.24, 2.45) is 18.7 Å². The van der Waals surface area contributed by atoms with E-state index in [0.29, 0.717) is 33.5 Å². The molecule has 2 amide bonds. The summed E-state index contributed by atoms with van der Waals surface area (Å²) in [6.45, 7) is 1.64. The molecule has 1 atom stereocenters. The largest absolute Gasteiger partial charge is 0.412 e. The number of fused-ring (bicyclic) bond motifs is 2. The second kappa shape index (κ2) is 7.43. The second-order valence-corrected chi connectivity index (χ2v) is 6.81. The first-order valence-electron chi connectivity index (χ1n) is 9.05. The summed E-state index contributed by atoms with van der Waals surface area (Å²) in [6.07, 6.45) is 2.23. The summed E-state index contributed by atoms with van der Waals surface area (Å²) in [5, 5.41) is 7.60. The molecule has 0 spiro atoms. The minimum atomic E-state index is -0.755. The van der Waals surface area contributed by atoms with Gasteiger partial charge in [-0.25, -0.2) is 19.2 Å². The van der Waals surface area contributed by atoms with Gasteiger partial charge in [-0.3, -0.25) is 9.48 Å². The SMILES string of the molecule is C[C@H](CNC(=O)Oc1c[nH]c2ncc(-c3nn(C)c4cc(F)ccc34)nc12)C(N)=O. The van der Waals surface area contributed by atoms with Gasteiger partial charge in [-0.1, -0.05) is 6.92 Å². The molecule has 0 saturated heterocycles. The van der Waals surface area contributed by atoms with E-state index in [1.807, 2.05) is 0 Å². The highest BCUT2D eigenvalue weighted by atomic mass is 19.1. The zero-order chi connectivity index (χ0) is 21.4. The Morgan fingerprint density at radius 3 is 2.97 bits per heavy atom. The highest BCUT2D eigenvalue weighted by molar-refractivity contribution is 5.93. The molecule has 154 valence electrons. The van der Waals surface area contributed by atoms with Gasteiger partial charge in [0.25, 0.3) is 0 Å². The average molecular weight is 411 g/mol. The molecule has 3 aromatic heterocycles. The molecule has 4 rings (SSSR count). The summed E-state index contributed by atoms with van der Waals surface area (Å²) in [7, 11) is 1.71. The molecule has 30 heavy (non-hydrogen) atoms. The number of nitrogens with one attached hydrogen (secondary N) is 2. The number of amides is 2. The average Bonchev–Trinajstić information content (AvgIpc) is 3.26. The number of aromatic nitrogens is 5. The van der Waals surface area contributed by atoms with Crippen LogP contribution in [0.15, 0.2) is 30.6 Å². The van der Waals surface area contributed by atoms with E-state index in [0.717, 1.165) is 0 Å². The number of aryl methyl sites for hydroxylation is 1. The van der Waals surface area contributed by atoms with Crippen LogP contribution in [0.5, 0.6) is 5.75 Å². The van der Waals surface area contributed by atoms with Gasteiger partial charge >= 0.3 is 6.09 Å². The number of H-pyrrole nitrogens is 1. The molecule has 0 radical (unpaired) electrons. The number of halogens is 1. The molecule has 11 heteroatoms. The van der Waals surface area contributed by atoms with Gasteiger partial charge < -0.3 is 20.8 Å². The van der Waals surface area contributed by atoms with Crippen LogP contribution in [0.2, 0.25) is 0 Å². The van der Waals surface area contributed by atoms with Crippen molar-refractivity contribution in [3.05, 3.63) is 36.4 Å². The number of benzene rings is 1. The summed E-state index contributed by atoms with van der Waals surface area (Å²) >= 11 is 0. The maximum Gasteiger partial charge on any atom is 0.412 e. The first-order valence-corrected chi connectivity index (χ1v) is 9.05. The van der Waals surface area contributed by atoms with Crippen molar-refractivity contribution in [3.8, 4) is 17.1 Å². The van der Waals surface area contributed by atoms with Gasteiger partial charge in [0.15, 0.2) is 16.9 Å². The number of aromatic amines is 1. The van der Waals surface area contributed by atoms with Crippen molar-refractivity contribution in [1.29, 1.82) is 0 Å². The molecule has 0 aliphatic heterocycles. The highest BCUT2D eigenvalue weighted by Crippen LogP contribution is 2.29. The number of carbonyl (C=O) groups excluding carboxylic acids is 2. The number of ether oxygens (including phenoxy) is 1. The standard InChI is InChI=1S/C19H18FN7O3/c1-9(17(21)28)6-24-19(29)30-14-8-23-18-16(14)25-12(7-22-18)15-11-4-3-10(20)5-13(11)27(2)26-15/h3-5,7-9H,6H2,1-2H3,(H2,21,28)(H,22,23)(H,24,29)/t9-/m1/s1. The van der Waals surface area contributed by atoms with Crippen molar-refractivity contribution >= 4 is 34.1 Å². The lowest BCUT2D eigenvalue weighted by Gasteiger charge is -2.08. The maximum atomic E-state index is 13.6. The lowest BCUT2D eigenvalue weighted by molar-refractivity contribution is -0.121. The number of primary amides is 1. The smallest absolute Gasteiger partial charge is 0.406 e. The van der Waals surface area contributed by atoms with Crippen molar-refractivity contribution in [2.45, 2.75) is 6.92 Å². The number of nitrogens with zero attached hydrogens (tertiary/aromatic N) is 4. The van der Waals surface area contributed by atoms with Gasteiger partial charge in [0.2, 0.25) is 5.91 Å². The molecule has 1 aromatic carbocycles. The van der Waals surface area contributed by atoms with Crippen molar-refractivity contribution in [2.75, 3.05) is 6.54 Å². The Morgan fingerprint density at radius 1 is 1.40 bits per heavy atom. The van der Waals surface area contributed by atoms with Gasteiger partial charge in [-0.2, -0.15) is 5.10 Å². The quantitative estimate of drug-likeness (QED) is 0.458. The fourth-order valence-corrected chi connectivity index (χ4v) is 2.95. The summed E-state index contributed by atoms with van der Waals surface area (Å²) in [4.78, 5) is 34.8. The molecule has 0 saturated carbocycles. The molecule has 0 aliphatic rings. The van der Waals surface area contributed by atoms with Crippen LogP contribution in [0.4, 0.5) is 9.18 Å². The van der Waals surface area contributed by atoms with E-state index in [-0.39, 0.29) is 18.1 Å². The van der Waals surface area contributed by atoms with Gasteiger partial charge in [0.05, 0.1) is 17.6 Å². The van der Waals surface area contributed by atoms with Crippen LogP contribution in [0.25, 0.3) is 33.5 Å². The van der Waals surface area contributed by atoms with E-state index in [2.05, 4.69) is 25.4 Å². The Bertz CT molecular complexity index is 1280. The lowest BCUT2D eigenvalue weighted by atomic mass is 10.1. The first-order chi connectivity index (χ1) is 14.3. The summed E-state index contributed by atoms with van der Waals surface area (Å²) in [5.41, 5.74) is 7.48. The van der Waals surface area contributed by atoms with Crippen molar-refractivity contribution < 1.29 is 18.7 Å². The zero-order valence-electron chi connectivity index (χ0n) is 16.1. The van der Waals surface area contributed by atoms with Gasteiger partial charge in [-0.15, -0.1) is 0 Å². The second-order valence-electron chi connectivity index (χ2n) is 6.81. The molecule has 0 unspecified atom stereocenters. The molecular formula is C19H18FN7O3. The fourth-order valence-electron chi connectivity index (χ4n) is 2.95. The highest BCUT2D eigenvalue weighted by Gasteiger charge is 2.18. The summed E-state index contributed by atoms with van der Waals surface area (Å²) in [5.74, 6) is -1.26. The molecule has 4 N–H and O–H groups in total. The van der Waals surface area contributed by atoms with E-state index in [4.69, 9.17) is 10.5 Å². The monoisotopic (exact) mass is 411 g/mol. The van der Waals surface area contributed by atoms with Gasteiger partial charge in [-0.05, 0) is 18.2 Å². The van der Waals surface area contributed by atoms with Crippen LogP contribution in [0.1, 0.15) is 6.92 Å². The molecule has 0 aliphatic carbocycles. The number of carbonyl (C=O) groups is 2. The third-order valence-electron chi connectivity index (χ3n) is 4.64. The van der Waals surface area contributed by atoms with E-state index in [1.54, 1.807) is 24.7 Å². The van der Waals surface area contributed by atoms with Crippen molar-refractivity contribution in [1.82, 2.24) is 30.0 Å². The Hall–Kier alpha value is -4.02. The molecule has 0 bridgehead atoms. The molecular weight excluding hydrogens is 393 g/mol. The third-order valence-corrected chi connectivity index (χ3v) is 4.64. The van der Waals surface area contributed by atoms with E-state index < -0.39 is 17.9 Å². The maximum absolute atomic E-state index is 13.6. The lowest BCUT2D eigenvalue weighted by Crippen LogP contribution is -2.35. The number of hydrogen-bond acceptors (Lipinski definition) is 6. The normalized spacial score (nSPS) is 12.2. The molecule has 3 heterocycles. The summed E-state index contributed by atoms with van der Waals surface area (Å²) in [6, 6.07) is 4.36. The zero-order valence-corrected chi connectivity index (χ0v) is 16.1. The predicted octanol–water partition coefficient (Wildman–Crippen LogP) is 1.86. The van der Waals surface area contributed by atoms with Crippen LogP contribution in [-0.4, -0.2) is 43.3 Å². The fraction of sp³-hybridized carbons (Fsp3) is 0.211. The number of hydrogen-bond donors (Lipinski definition) is 3. The predicted molar refractivity (Wildman–Crippen MR) is 106 cm³/mol.